The lowest BCUT2D eigenvalue weighted by Crippen LogP contribution is -1.96. The minimum atomic E-state index is 0.673. The van der Waals surface area contributed by atoms with Gasteiger partial charge in [-0.25, -0.2) is 4.98 Å². The van der Waals surface area contributed by atoms with Crippen LogP contribution in [0.4, 0.5) is 5.00 Å². The smallest absolute Gasteiger partial charge is 0.129 e. The lowest BCUT2D eigenvalue weighted by atomic mass is 10.0. The fourth-order valence-corrected chi connectivity index (χ4v) is 2.51. The molecule has 2 rings (SSSR count). The van der Waals surface area contributed by atoms with Crippen LogP contribution in [0.2, 0.25) is 5.02 Å². The van der Waals surface area contributed by atoms with Crippen LogP contribution in [0.5, 0.6) is 5.75 Å². The number of thiazole rings is 1. The van der Waals surface area contributed by atoms with E-state index in [1.165, 1.54) is 11.3 Å². The highest BCUT2D eigenvalue weighted by molar-refractivity contribution is 7.14. The third-order valence-corrected chi connectivity index (χ3v) is 3.94. The molecule has 0 aliphatic heterocycles. The molecule has 2 N–H and O–H groups in total. The lowest BCUT2D eigenvalue weighted by molar-refractivity contribution is 0.416. The van der Waals surface area contributed by atoms with Gasteiger partial charge in [-0.15, -0.1) is 11.3 Å². The molecule has 0 bridgehead atoms. The summed E-state index contributed by atoms with van der Waals surface area (Å²) in [6.07, 6.45) is 0. The van der Waals surface area contributed by atoms with E-state index in [9.17, 15) is 0 Å². The van der Waals surface area contributed by atoms with E-state index in [1.54, 1.807) is 12.6 Å². The number of aromatic nitrogens is 1. The highest BCUT2D eigenvalue weighted by Gasteiger charge is 2.18. The zero-order valence-electron chi connectivity index (χ0n) is 9.87. The first kappa shape index (κ1) is 12.2. The first-order valence-electron chi connectivity index (χ1n) is 5.09. The molecule has 0 saturated heterocycles. The summed E-state index contributed by atoms with van der Waals surface area (Å²) in [5.41, 5.74) is 11.2. The number of hydrogen-bond donors (Lipinski definition) is 1. The molecular weight excluding hydrogens is 256 g/mol. The van der Waals surface area contributed by atoms with Crippen molar-refractivity contribution in [3.05, 3.63) is 27.7 Å². The Morgan fingerprint density at radius 3 is 2.65 bits per heavy atom. The monoisotopic (exact) mass is 268 g/mol. The summed E-state index contributed by atoms with van der Waals surface area (Å²) in [5, 5.41) is 1.40. The molecule has 1 aromatic carbocycles. The minimum absolute atomic E-state index is 0.673. The molecule has 90 valence electrons. The van der Waals surface area contributed by atoms with Gasteiger partial charge in [-0.3, -0.25) is 0 Å². The molecule has 1 aromatic heterocycles. The van der Waals surface area contributed by atoms with E-state index in [0.717, 1.165) is 33.2 Å². The molecular formula is C12H13ClN2OS. The number of anilines is 1. The highest BCUT2D eigenvalue weighted by atomic mass is 35.5. The average Bonchev–Trinajstić information content (AvgIpc) is 2.72. The number of methoxy groups -OCH3 is 1. The Morgan fingerprint density at radius 1 is 1.41 bits per heavy atom. The maximum Gasteiger partial charge on any atom is 0.129 e. The van der Waals surface area contributed by atoms with Crippen molar-refractivity contribution in [1.29, 1.82) is 0 Å². The SMILES string of the molecule is COc1cc(C)c(Cl)c(C)c1-c1ncsc1N. The van der Waals surface area contributed by atoms with Crippen LogP contribution in [0.3, 0.4) is 0 Å². The van der Waals surface area contributed by atoms with Gasteiger partial charge >= 0.3 is 0 Å². The van der Waals surface area contributed by atoms with Gasteiger partial charge in [0.15, 0.2) is 0 Å². The van der Waals surface area contributed by atoms with Gasteiger partial charge in [-0.05, 0) is 31.0 Å². The van der Waals surface area contributed by atoms with Crippen LogP contribution in [0, 0.1) is 13.8 Å². The molecule has 1 heterocycles. The number of ether oxygens (including phenoxy) is 1. The molecule has 0 unspecified atom stereocenters. The van der Waals surface area contributed by atoms with Crippen LogP contribution < -0.4 is 10.5 Å². The second-order valence-electron chi connectivity index (χ2n) is 3.77. The maximum atomic E-state index is 6.26. The van der Waals surface area contributed by atoms with Gasteiger partial charge < -0.3 is 10.5 Å². The van der Waals surface area contributed by atoms with Gasteiger partial charge in [0.1, 0.15) is 16.4 Å². The van der Waals surface area contributed by atoms with Gasteiger partial charge in [0.25, 0.3) is 0 Å². The van der Waals surface area contributed by atoms with Crippen molar-refractivity contribution in [2.75, 3.05) is 12.8 Å². The Morgan fingerprint density at radius 2 is 2.12 bits per heavy atom. The van der Waals surface area contributed by atoms with E-state index in [-0.39, 0.29) is 0 Å². The van der Waals surface area contributed by atoms with Crippen LogP contribution in [0.15, 0.2) is 11.6 Å². The molecule has 2 aromatic rings. The molecule has 3 nitrogen and oxygen atoms in total. The van der Waals surface area contributed by atoms with Crippen molar-refractivity contribution in [3.8, 4) is 17.0 Å². The van der Waals surface area contributed by atoms with Gasteiger partial charge in [0, 0.05) is 10.6 Å². The molecule has 0 saturated carbocycles. The van der Waals surface area contributed by atoms with Crippen molar-refractivity contribution < 1.29 is 4.74 Å². The maximum absolute atomic E-state index is 6.26. The largest absolute Gasteiger partial charge is 0.496 e. The van der Waals surface area contributed by atoms with Crippen LogP contribution in [-0.4, -0.2) is 12.1 Å². The zero-order chi connectivity index (χ0) is 12.6. The van der Waals surface area contributed by atoms with Gasteiger partial charge in [-0.1, -0.05) is 11.6 Å². The first-order chi connectivity index (χ1) is 8.06. The third-order valence-electron chi connectivity index (χ3n) is 2.70. The topological polar surface area (TPSA) is 48.1 Å². The number of nitrogens with zero attached hydrogens (tertiary/aromatic N) is 1. The first-order valence-corrected chi connectivity index (χ1v) is 6.35. The van der Waals surface area contributed by atoms with Crippen molar-refractivity contribution in [2.45, 2.75) is 13.8 Å². The van der Waals surface area contributed by atoms with Crippen LogP contribution in [0.25, 0.3) is 11.3 Å². The average molecular weight is 269 g/mol. The van der Waals surface area contributed by atoms with Gasteiger partial charge in [0.05, 0.1) is 12.6 Å². The number of benzene rings is 1. The summed E-state index contributed by atoms with van der Waals surface area (Å²) in [6, 6.07) is 1.91. The fraction of sp³-hybridized carbons (Fsp3) is 0.250. The summed E-state index contributed by atoms with van der Waals surface area (Å²) in [4.78, 5) is 4.28. The molecule has 0 aliphatic carbocycles. The van der Waals surface area contributed by atoms with Crippen LogP contribution >= 0.6 is 22.9 Å². The van der Waals surface area contributed by atoms with Crippen molar-refractivity contribution in [2.24, 2.45) is 0 Å². The Labute approximate surface area is 109 Å². The Balaban J connectivity index is 2.76. The van der Waals surface area contributed by atoms with E-state index in [0.29, 0.717) is 5.00 Å². The Hall–Kier alpha value is -1.26. The number of nitrogens with two attached hydrogens (primary N) is 1. The summed E-state index contributed by atoms with van der Waals surface area (Å²) >= 11 is 7.67. The van der Waals surface area contributed by atoms with Crippen LogP contribution in [0.1, 0.15) is 11.1 Å². The summed E-state index contributed by atoms with van der Waals surface area (Å²) in [5.74, 6) is 0.752. The van der Waals surface area contributed by atoms with E-state index in [2.05, 4.69) is 4.98 Å². The number of rotatable bonds is 2. The van der Waals surface area contributed by atoms with E-state index in [1.807, 2.05) is 19.9 Å². The molecule has 17 heavy (non-hydrogen) atoms. The van der Waals surface area contributed by atoms with Gasteiger partial charge in [-0.2, -0.15) is 0 Å². The second-order valence-corrected chi connectivity index (χ2v) is 5.04. The Kier molecular flexibility index (Phi) is 3.26. The second kappa shape index (κ2) is 4.55. The molecule has 0 aliphatic rings. The Bertz CT molecular complexity index is 566. The number of aryl methyl sites for hydroxylation is 1. The zero-order valence-corrected chi connectivity index (χ0v) is 11.4. The highest BCUT2D eigenvalue weighted by Crippen LogP contribution is 2.41. The molecule has 0 amide bonds. The number of hydrogen-bond acceptors (Lipinski definition) is 4. The van der Waals surface area contributed by atoms with Crippen molar-refractivity contribution >= 4 is 27.9 Å². The minimum Gasteiger partial charge on any atom is -0.496 e. The predicted molar refractivity (Wildman–Crippen MR) is 73.0 cm³/mol. The van der Waals surface area contributed by atoms with Crippen molar-refractivity contribution in [1.82, 2.24) is 4.98 Å². The van der Waals surface area contributed by atoms with Gasteiger partial charge in [0.2, 0.25) is 0 Å². The molecule has 0 radical (unpaired) electrons. The van der Waals surface area contributed by atoms with E-state index in [4.69, 9.17) is 22.1 Å². The molecule has 0 atom stereocenters. The van der Waals surface area contributed by atoms with E-state index >= 15 is 0 Å². The quantitative estimate of drug-likeness (QED) is 0.904. The van der Waals surface area contributed by atoms with Crippen LogP contribution in [-0.2, 0) is 0 Å². The van der Waals surface area contributed by atoms with Crippen molar-refractivity contribution in [3.63, 3.8) is 0 Å². The third kappa shape index (κ3) is 1.98. The summed E-state index contributed by atoms with van der Waals surface area (Å²) < 4.78 is 5.39. The molecule has 0 spiro atoms. The fourth-order valence-electron chi connectivity index (χ4n) is 1.82. The van der Waals surface area contributed by atoms with E-state index < -0.39 is 0 Å². The molecule has 5 heteroatoms. The summed E-state index contributed by atoms with van der Waals surface area (Å²) in [6.45, 7) is 3.90. The molecule has 0 fully saturated rings. The number of nitrogen functional groups attached to an aromatic ring is 1. The normalized spacial score (nSPS) is 10.6. The predicted octanol–water partition coefficient (Wildman–Crippen LogP) is 3.67. The summed E-state index contributed by atoms with van der Waals surface area (Å²) in [7, 11) is 1.63. The number of halogens is 1. The standard InChI is InChI=1S/C12H13ClN2OS/c1-6-4-8(16-3)9(7(2)10(6)13)11-12(14)17-5-15-11/h4-5H,14H2,1-3H3. The lowest BCUT2D eigenvalue weighted by Gasteiger charge is -2.14.